The number of hydrogen-bond acceptors (Lipinski definition) is 3. The Bertz CT molecular complexity index is 406. The summed E-state index contributed by atoms with van der Waals surface area (Å²) in [7, 11) is 1.72. The summed E-state index contributed by atoms with van der Waals surface area (Å²) >= 11 is 0. The lowest BCUT2D eigenvalue weighted by atomic mass is 10.4. The molecule has 0 aliphatic carbocycles. The summed E-state index contributed by atoms with van der Waals surface area (Å²) in [6.45, 7) is 1.20. The standard InChI is InChI=1S/C12H15N3O2/c1-13-12(14-8-10-4-2-6-16-10)15-9-11-5-3-7-17-11/h2-7H,8-9H2,1H3,(H2,13,14,15). The highest BCUT2D eigenvalue weighted by atomic mass is 16.3. The van der Waals surface area contributed by atoms with Crippen LogP contribution in [0.5, 0.6) is 0 Å². The number of aliphatic imine (C=N–C) groups is 1. The van der Waals surface area contributed by atoms with E-state index in [4.69, 9.17) is 8.83 Å². The number of nitrogens with zero attached hydrogens (tertiary/aromatic N) is 1. The summed E-state index contributed by atoms with van der Waals surface area (Å²) in [5.41, 5.74) is 0. The van der Waals surface area contributed by atoms with E-state index in [0.29, 0.717) is 19.0 Å². The lowest BCUT2D eigenvalue weighted by Gasteiger charge is -2.09. The van der Waals surface area contributed by atoms with Crippen molar-refractivity contribution in [1.82, 2.24) is 10.6 Å². The minimum atomic E-state index is 0.602. The molecular formula is C12H15N3O2. The maximum absolute atomic E-state index is 5.21. The SMILES string of the molecule is CN=C(NCc1ccco1)NCc1ccco1. The van der Waals surface area contributed by atoms with Crippen molar-refractivity contribution < 1.29 is 8.83 Å². The summed E-state index contributed by atoms with van der Waals surface area (Å²) in [6.07, 6.45) is 3.30. The minimum Gasteiger partial charge on any atom is -0.467 e. The zero-order valence-corrected chi connectivity index (χ0v) is 9.64. The van der Waals surface area contributed by atoms with E-state index in [-0.39, 0.29) is 0 Å². The Morgan fingerprint density at radius 2 is 1.59 bits per heavy atom. The van der Waals surface area contributed by atoms with Crippen molar-refractivity contribution in [3.63, 3.8) is 0 Å². The smallest absolute Gasteiger partial charge is 0.191 e. The van der Waals surface area contributed by atoms with Crippen molar-refractivity contribution in [2.45, 2.75) is 13.1 Å². The molecule has 0 saturated heterocycles. The molecule has 0 amide bonds. The van der Waals surface area contributed by atoms with Gasteiger partial charge in [-0.05, 0) is 24.3 Å². The van der Waals surface area contributed by atoms with Gasteiger partial charge in [0.05, 0.1) is 25.6 Å². The Labute approximate surface area is 99.5 Å². The molecule has 0 radical (unpaired) electrons. The van der Waals surface area contributed by atoms with Gasteiger partial charge < -0.3 is 19.5 Å². The van der Waals surface area contributed by atoms with Crippen LogP contribution >= 0.6 is 0 Å². The molecular weight excluding hydrogens is 218 g/mol. The molecule has 0 aliphatic heterocycles. The summed E-state index contributed by atoms with van der Waals surface area (Å²) in [5.74, 6) is 2.44. The van der Waals surface area contributed by atoms with E-state index >= 15 is 0 Å². The fraction of sp³-hybridized carbons (Fsp3) is 0.250. The van der Waals surface area contributed by atoms with E-state index in [1.807, 2.05) is 24.3 Å². The van der Waals surface area contributed by atoms with E-state index in [0.717, 1.165) is 11.5 Å². The fourth-order valence-corrected chi connectivity index (χ4v) is 1.39. The van der Waals surface area contributed by atoms with Gasteiger partial charge in [-0.2, -0.15) is 0 Å². The van der Waals surface area contributed by atoms with Crippen LogP contribution in [-0.2, 0) is 13.1 Å². The van der Waals surface area contributed by atoms with Crippen molar-refractivity contribution >= 4 is 5.96 Å². The summed E-state index contributed by atoms with van der Waals surface area (Å²) in [6, 6.07) is 7.53. The molecule has 0 aromatic carbocycles. The van der Waals surface area contributed by atoms with Crippen LogP contribution in [0.15, 0.2) is 50.6 Å². The molecule has 5 heteroatoms. The lowest BCUT2D eigenvalue weighted by Crippen LogP contribution is -2.36. The highest BCUT2D eigenvalue weighted by molar-refractivity contribution is 5.79. The largest absolute Gasteiger partial charge is 0.467 e. The normalized spacial score (nSPS) is 9.94. The molecule has 2 N–H and O–H groups in total. The van der Waals surface area contributed by atoms with Crippen LogP contribution in [0.25, 0.3) is 0 Å². The molecule has 0 spiro atoms. The second kappa shape index (κ2) is 5.79. The van der Waals surface area contributed by atoms with E-state index in [1.165, 1.54) is 0 Å². The quantitative estimate of drug-likeness (QED) is 0.623. The van der Waals surface area contributed by atoms with Gasteiger partial charge in [-0.25, -0.2) is 0 Å². The van der Waals surface area contributed by atoms with Crippen molar-refractivity contribution in [2.24, 2.45) is 4.99 Å². The molecule has 90 valence electrons. The number of rotatable bonds is 4. The zero-order chi connectivity index (χ0) is 11.9. The third kappa shape index (κ3) is 3.41. The first-order valence-corrected chi connectivity index (χ1v) is 5.38. The van der Waals surface area contributed by atoms with E-state index in [9.17, 15) is 0 Å². The van der Waals surface area contributed by atoms with Gasteiger partial charge in [-0.1, -0.05) is 0 Å². The maximum Gasteiger partial charge on any atom is 0.191 e. The predicted molar refractivity (Wildman–Crippen MR) is 64.5 cm³/mol. The lowest BCUT2D eigenvalue weighted by molar-refractivity contribution is 0.493. The van der Waals surface area contributed by atoms with Gasteiger partial charge in [0.25, 0.3) is 0 Å². The molecule has 5 nitrogen and oxygen atoms in total. The monoisotopic (exact) mass is 233 g/mol. The number of furan rings is 2. The van der Waals surface area contributed by atoms with Crippen LogP contribution in [0, 0.1) is 0 Å². The average molecular weight is 233 g/mol. The van der Waals surface area contributed by atoms with Gasteiger partial charge in [-0.3, -0.25) is 4.99 Å². The Morgan fingerprint density at radius 1 is 1.06 bits per heavy atom. The summed E-state index contributed by atoms with van der Waals surface area (Å²) in [4.78, 5) is 4.10. The Morgan fingerprint density at radius 3 is 1.94 bits per heavy atom. The summed E-state index contributed by atoms with van der Waals surface area (Å²) < 4.78 is 10.4. The molecule has 0 bridgehead atoms. The highest BCUT2D eigenvalue weighted by Gasteiger charge is 2.01. The topological polar surface area (TPSA) is 62.7 Å². The van der Waals surface area contributed by atoms with Crippen molar-refractivity contribution in [2.75, 3.05) is 7.05 Å². The van der Waals surface area contributed by atoms with Gasteiger partial charge in [0.15, 0.2) is 5.96 Å². The van der Waals surface area contributed by atoms with Crippen molar-refractivity contribution in [1.29, 1.82) is 0 Å². The Balaban J connectivity index is 1.77. The van der Waals surface area contributed by atoms with E-state index in [2.05, 4.69) is 15.6 Å². The van der Waals surface area contributed by atoms with Crippen molar-refractivity contribution in [3.8, 4) is 0 Å². The molecule has 17 heavy (non-hydrogen) atoms. The second-order valence-electron chi connectivity index (χ2n) is 3.44. The number of guanidine groups is 1. The van der Waals surface area contributed by atoms with Gasteiger partial charge in [-0.15, -0.1) is 0 Å². The molecule has 2 aromatic rings. The first-order valence-electron chi connectivity index (χ1n) is 5.38. The predicted octanol–water partition coefficient (Wildman–Crippen LogP) is 1.74. The van der Waals surface area contributed by atoms with E-state index < -0.39 is 0 Å². The highest BCUT2D eigenvalue weighted by Crippen LogP contribution is 1.99. The summed E-state index contributed by atoms with van der Waals surface area (Å²) in [5, 5.41) is 6.28. The second-order valence-corrected chi connectivity index (χ2v) is 3.44. The maximum atomic E-state index is 5.21. The molecule has 2 heterocycles. The zero-order valence-electron chi connectivity index (χ0n) is 9.64. The van der Waals surface area contributed by atoms with Gasteiger partial charge in [0.1, 0.15) is 11.5 Å². The molecule has 2 rings (SSSR count). The molecule has 0 saturated carbocycles. The van der Waals surface area contributed by atoms with Crippen molar-refractivity contribution in [3.05, 3.63) is 48.3 Å². The number of hydrogen-bond donors (Lipinski definition) is 2. The Hall–Kier alpha value is -2.17. The minimum absolute atomic E-state index is 0.602. The molecule has 0 unspecified atom stereocenters. The molecule has 0 fully saturated rings. The van der Waals surface area contributed by atoms with Gasteiger partial charge in [0.2, 0.25) is 0 Å². The van der Waals surface area contributed by atoms with Crippen LogP contribution in [0.2, 0.25) is 0 Å². The average Bonchev–Trinajstić information content (AvgIpc) is 3.02. The molecule has 2 aromatic heterocycles. The van der Waals surface area contributed by atoms with Crippen LogP contribution in [0.4, 0.5) is 0 Å². The third-order valence-electron chi connectivity index (χ3n) is 2.24. The van der Waals surface area contributed by atoms with Gasteiger partial charge >= 0.3 is 0 Å². The van der Waals surface area contributed by atoms with Crippen LogP contribution in [0.3, 0.4) is 0 Å². The first kappa shape index (κ1) is 11.3. The Kier molecular flexibility index (Phi) is 3.85. The number of nitrogens with one attached hydrogen (secondary N) is 2. The molecule has 0 aliphatic rings. The van der Waals surface area contributed by atoms with Crippen LogP contribution in [-0.4, -0.2) is 13.0 Å². The third-order valence-corrected chi connectivity index (χ3v) is 2.24. The van der Waals surface area contributed by atoms with Crippen LogP contribution < -0.4 is 10.6 Å². The van der Waals surface area contributed by atoms with Gasteiger partial charge in [0, 0.05) is 7.05 Å². The fourth-order valence-electron chi connectivity index (χ4n) is 1.39. The van der Waals surface area contributed by atoms with E-state index in [1.54, 1.807) is 19.6 Å². The molecule has 0 atom stereocenters. The first-order chi connectivity index (χ1) is 8.38. The van der Waals surface area contributed by atoms with Crippen LogP contribution in [0.1, 0.15) is 11.5 Å².